The smallest absolute Gasteiger partial charge is 0.232 e. The summed E-state index contributed by atoms with van der Waals surface area (Å²) in [4.78, 5) is 14.8. The van der Waals surface area contributed by atoms with Gasteiger partial charge in [-0.1, -0.05) is 31.2 Å². The zero-order valence-corrected chi connectivity index (χ0v) is 13.7. The highest BCUT2D eigenvalue weighted by Gasteiger charge is 2.10. The van der Waals surface area contributed by atoms with Crippen molar-refractivity contribution in [2.24, 2.45) is 0 Å². The minimum atomic E-state index is -0.261. The van der Waals surface area contributed by atoms with Crippen LogP contribution in [0.25, 0.3) is 0 Å². The second-order valence-electron chi connectivity index (χ2n) is 5.16. The molecule has 0 aliphatic heterocycles. The lowest BCUT2D eigenvalue weighted by Gasteiger charge is -2.17. The number of benzene rings is 2. The van der Waals surface area contributed by atoms with E-state index in [-0.39, 0.29) is 11.7 Å². The highest BCUT2D eigenvalue weighted by molar-refractivity contribution is 8.00. The van der Waals surface area contributed by atoms with Crippen molar-refractivity contribution in [1.82, 2.24) is 4.90 Å². The lowest BCUT2D eigenvalue weighted by atomic mass is 10.1. The predicted octanol–water partition coefficient (Wildman–Crippen LogP) is 4.14. The normalized spacial score (nSPS) is 10.5. The molecule has 0 aromatic heterocycles. The van der Waals surface area contributed by atoms with Gasteiger partial charge in [-0.05, 0) is 41.8 Å². The third-order valence-electron chi connectivity index (χ3n) is 3.45. The van der Waals surface area contributed by atoms with Crippen molar-refractivity contribution in [2.45, 2.75) is 24.8 Å². The summed E-state index contributed by atoms with van der Waals surface area (Å²) in [6.45, 7) is 2.73. The average molecular weight is 317 g/mol. The van der Waals surface area contributed by atoms with Crippen LogP contribution in [0.3, 0.4) is 0 Å². The van der Waals surface area contributed by atoms with E-state index in [9.17, 15) is 9.18 Å². The van der Waals surface area contributed by atoms with E-state index >= 15 is 0 Å². The molecule has 0 heterocycles. The fourth-order valence-corrected chi connectivity index (χ4v) is 2.87. The first kappa shape index (κ1) is 16.6. The van der Waals surface area contributed by atoms with Crippen LogP contribution in [0.5, 0.6) is 0 Å². The third-order valence-corrected chi connectivity index (χ3v) is 4.45. The van der Waals surface area contributed by atoms with Gasteiger partial charge in [0.2, 0.25) is 5.91 Å². The summed E-state index contributed by atoms with van der Waals surface area (Å²) in [6, 6.07) is 14.5. The van der Waals surface area contributed by atoms with Crippen LogP contribution in [0.1, 0.15) is 18.1 Å². The number of halogens is 1. The standard InChI is InChI=1S/C18H20FNOS/c1-3-14-4-6-15(7-5-14)12-20(2)18(21)13-22-17-10-8-16(19)9-11-17/h4-11H,3,12-13H2,1-2H3. The largest absolute Gasteiger partial charge is 0.341 e. The molecule has 0 aliphatic carbocycles. The van der Waals surface area contributed by atoms with E-state index in [1.54, 1.807) is 24.1 Å². The zero-order valence-electron chi connectivity index (χ0n) is 12.9. The Morgan fingerprint density at radius 2 is 1.64 bits per heavy atom. The van der Waals surface area contributed by atoms with Gasteiger partial charge in [0.25, 0.3) is 0 Å². The van der Waals surface area contributed by atoms with Crippen LogP contribution >= 0.6 is 11.8 Å². The first-order chi connectivity index (χ1) is 10.6. The Bertz CT molecular complexity index is 610. The Balaban J connectivity index is 1.84. The summed E-state index contributed by atoms with van der Waals surface area (Å²) >= 11 is 1.42. The molecule has 0 unspecified atom stereocenters. The van der Waals surface area contributed by atoms with Gasteiger partial charge in [-0.25, -0.2) is 4.39 Å². The topological polar surface area (TPSA) is 20.3 Å². The summed E-state index contributed by atoms with van der Waals surface area (Å²) < 4.78 is 12.8. The van der Waals surface area contributed by atoms with E-state index in [4.69, 9.17) is 0 Å². The number of amides is 1. The van der Waals surface area contributed by atoms with Crippen LogP contribution in [0, 0.1) is 5.82 Å². The Kier molecular flexibility index (Phi) is 6.01. The van der Waals surface area contributed by atoms with Gasteiger partial charge >= 0.3 is 0 Å². The third kappa shape index (κ3) is 4.88. The molecular formula is C18H20FNOS. The van der Waals surface area contributed by atoms with Gasteiger partial charge in [0.1, 0.15) is 5.82 Å². The quantitative estimate of drug-likeness (QED) is 0.746. The number of hydrogen-bond donors (Lipinski definition) is 0. The van der Waals surface area contributed by atoms with Gasteiger partial charge < -0.3 is 4.90 Å². The second kappa shape index (κ2) is 7.99. The Hall–Kier alpha value is -1.81. The van der Waals surface area contributed by atoms with Crippen LogP contribution in [0.15, 0.2) is 53.4 Å². The molecule has 2 nitrogen and oxygen atoms in total. The molecule has 2 aromatic rings. The number of carbonyl (C=O) groups is 1. The minimum Gasteiger partial charge on any atom is -0.341 e. The summed E-state index contributed by atoms with van der Waals surface area (Å²) in [5.41, 5.74) is 2.42. The number of thioether (sulfide) groups is 1. The Morgan fingerprint density at radius 1 is 1.05 bits per heavy atom. The van der Waals surface area contributed by atoms with Crippen LogP contribution < -0.4 is 0 Å². The van der Waals surface area contributed by atoms with E-state index in [2.05, 4.69) is 31.2 Å². The molecule has 0 N–H and O–H groups in total. The van der Waals surface area contributed by atoms with E-state index in [0.717, 1.165) is 16.9 Å². The highest BCUT2D eigenvalue weighted by Crippen LogP contribution is 2.18. The Labute approximate surface area is 135 Å². The monoisotopic (exact) mass is 317 g/mol. The average Bonchev–Trinajstić information content (AvgIpc) is 2.54. The molecule has 2 rings (SSSR count). The van der Waals surface area contributed by atoms with Crippen molar-refractivity contribution < 1.29 is 9.18 Å². The maximum atomic E-state index is 12.8. The number of carbonyl (C=O) groups excluding carboxylic acids is 1. The fraction of sp³-hybridized carbons (Fsp3) is 0.278. The summed E-state index contributed by atoms with van der Waals surface area (Å²) in [5, 5.41) is 0. The molecule has 0 aliphatic rings. The number of aryl methyl sites for hydroxylation is 1. The van der Waals surface area contributed by atoms with E-state index < -0.39 is 0 Å². The lowest BCUT2D eigenvalue weighted by Crippen LogP contribution is -2.27. The lowest BCUT2D eigenvalue weighted by molar-refractivity contribution is -0.127. The van der Waals surface area contributed by atoms with Crippen LogP contribution in [0.2, 0.25) is 0 Å². The van der Waals surface area contributed by atoms with E-state index in [0.29, 0.717) is 12.3 Å². The Morgan fingerprint density at radius 3 is 2.23 bits per heavy atom. The minimum absolute atomic E-state index is 0.0638. The SMILES string of the molecule is CCc1ccc(CN(C)C(=O)CSc2ccc(F)cc2)cc1. The summed E-state index contributed by atoms with van der Waals surface area (Å²) in [7, 11) is 1.81. The number of nitrogens with zero attached hydrogens (tertiary/aromatic N) is 1. The molecule has 2 aromatic carbocycles. The van der Waals surface area contributed by atoms with Crippen LogP contribution in [-0.4, -0.2) is 23.6 Å². The molecule has 0 spiro atoms. The van der Waals surface area contributed by atoms with Crippen molar-refractivity contribution in [1.29, 1.82) is 0 Å². The number of hydrogen-bond acceptors (Lipinski definition) is 2. The molecule has 0 saturated carbocycles. The van der Waals surface area contributed by atoms with Crippen molar-refractivity contribution in [2.75, 3.05) is 12.8 Å². The molecule has 0 radical (unpaired) electrons. The molecule has 0 fully saturated rings. The maximum absolute atomic E-state index is 12.8. The predicted molar refractivity (Wildman–Crippen MR) is 89.4 cm³/mol. The summed E-state index contributed by atoms with van der Waals surface area (Å²) in [5.74, 6) is 0.159. The molecule has 0 atom stereocenters. The second-order valence-corrected chi connectivity index (χ2v) is 6.21. The highest BCUT2D eigenvalue weighted by atomic mass is 32.2. The molecule has 1 amide bonds. The maximum Gasteiger partial charge on any atom is 0.232 e. The molecule has 0 saturated heterocycles. The van der Waals surface area contributed by atoms with Crippen molar-refractivity contribution in [3.63, 3.8) is 0 Å². The van der Waals surface area contributed by atoms with Gasteiger partial charge in [-0.2, -0.15) is 0 Å². The molecule has 4 heteroatoms. The van der Waals surface area contributed by atoms with E-state index in [1.165, 1.54) is 29.5 Å². The van der Waals surface area contributed by atoms with Crippen molar-refractivity contribution in [3.05, 3.63) is 65.5 Å². The van der Waals surface area contributed by atoms with Gasteiger partial charge in [-0.3, -0.25) is 4.79 Å². The first-order valence-electron chi connectivity index (χ1n) is 7.28. The fourth-order valence-electron chi connectivity index (χ4n) is 2.03. The van der Waals surface area contributed by atoms with Crippen LogP contribution in [0.4, 0.5) is 4.39 Å². The van der Waals surface area contributed by atoms with E-state index in [1.807, 2.05) is 0 Å². The number of rotatable bonds is 6. The van der Waals surface area contributed by atoms with Gasteiger partial charge in [-0.15, -0.1) is 11.8 Å². The zero-order chi connectivity index (χ0) is 15.9. The molecule has 0 bridgehead atoms. The summed E-state index contributed by atoms with van der Waals surface area (Å²) in [6.07, 6.45) is 1.02. The van der Waals surface area contributed by atoms with Crippen molar-refractivity contribution in [3.8, 4) is 0 Å². The molecule has 22 heavy (non-hydrogen) atoms. The first-order valence-corrected chi connectivity index (χ1v) is 8.27. The molecular weight excluding hydrogens is 297 g/mol. The van der Waals surface area contributed by atoms with Gasteiger partial charge in [0, 0.05) is 18.5 Å². The van der Waals surface area contributed by atoms with Crippen LogP contribution in [-0.2, 0) is 17.8 Å². The van der Waals surface area contributed by atoms with Gasteiger partial charge in [0.15, 0.2) is 0 Å². The van der Waals surface area contributed by atoms with Crippen molar-refractivity contribution >= 4 is 17.7 Å². The molecule has 116 valence electrons. The van der Waals surface area contributed by atoms with Gasteiger partial charge in [0.05, 0.1) is 5.75 Å².